The number of carbonyl (C=O) groups is 1. The highest BCUT2D eigenvalue weighted by Gasteiger charge is 2.40. The molecule has 2 bridgehead atoms. The number of H-pyrrole nitrogens is 1. The van der Waals surface area contributed by atoms with Crippen LogP contribution in [-0.2, 0) is 28.5 Å². The van der Waals surface area contributed by atoms with Crippen LogP contribution in [0.5, 0.6) is 5.75 Å². The Morgan fingerprint density at radius 3 is 2.49 bits per heavy atom. The maximum atomic E-state index is 13.2. The molecule has 4 N–H and O–H groups in total. The number of aromatic amines is 1. The van der Waals surface area contributed by atoms with Gasteiger partial charge in [-0.3, -0.25) is 15.0 Å². The first kappa shape index (κ1) is 42.4. The number of benzene rings is 4. The molecule has 3 saturated heterocycles. The van der Waals surface area contributed by atoms with Gasteiger partial charge in [-0.25, -0.2) is 9.78 Å². The van der Waals surface area contributed by atoms with E-state index in [2.05, 4.69) is 90.8 Å². The van der Waals surface area contributed by atoms with E-state index in [1.54, 1.807) is 12.1 Å². The van der Waals surface area contributed by atoms with E-state index in [-0.39, 0.29) is 34.6 Å². The molecule has 61 heavy (non-hydrogen) atoms. The van der Waals surface area contributed by atoms with Crippen molar-refractivity contribution >= 4 is 42.1 Å². The number of pyridine rings is 1. The maximum Gasteiger partial charge on any atom is 0.411 e. The lowest BCUT2D eigenvalue weighted by molar-refractivity contribution is -0.0289. The molecule has 2 aromatic heterocycles. The number of fused-ring (bicyclic) bond motifs is 5. The molecule has 2 atom stereocenters. The first-order valence-corrected chi connectivity index (χ1v) is 24.7. The minimum absolute atomic E-state index is 0.0138. The molecule has 3 fully saturated rings. The van der Waals surface area contributed by atoms with Crippen molar-refractivity contribution in [2.75, 3.05) is 31.5 Å². The second kappa shape index (κ2) is 18.0. The summed E-state index contributed by atoms with van der Waals surface area (Å²) in [7, 11) is -2.21. The molecule has 5 heterocycles. The molecular weight excluding hydrogens is 783 g/mol. The number of nitrogens with zero attached hydrogens (tertiary/aromatic N) is 2. The minimum atomic E-state index is -2.21. The van der Waals surface area contributed by atoms with Gasteiger partial charge in [-0.1, -0.05) is 75.4 Å². The number of phenols is 1. The number of piperidine rings is 3. The molecule has 4 aromatic carbocycles. The summed E-state index contributed by atoms with van der Waals surface area (Å²) in [5.41, 5.74) is 7.66. The van der Waals surface area contributed by atoms with E-state index in [9.17, 15) is 14.7 Å². The Kier molecular flexibility index (Phi) is 12.5. The number of hydrogen-bond donors (Lipinski definition) is 4. The van der Waals surface area contributed by atoms with E-state index >= 15 is 0 Å². The molecule has 3 aliphatic heterocycles. The standard InChI is InChI=1S/C49H59N5O6Si/c1-49(2,3)61(4,5)60-43(37-18-21-41(55)47-38(37)19-22-45(56)53-47)30-50-29-33-16-20-39-42(28-33)58-46(51-39)14-10-9-11-32-15-17-36(34-12-7-6-8-13-34)40(27-32)52-48(57)59-44-31-54-25-23-35(44)24-26-54/h6-8,12-13,15-22,27-28,35,43-44,50,55H,9-11,14,23-26,29-31H2,1-5H3,(H,52,57)(H,53,56)/t43-,44-/m0/s1. The zero-order valence-electron chi connectivity index (χ0n) is 36.1. The molecule has 1 amide bonds. The van der Waals surface area contributed by atoms with Gasteiger partial charge in [0.1, 0.15) is 17.4 Å². The maximum absolute atomic E-state index is 13.2. The first-order chi connectivity index (χ1) is 29.3. The second-order valence-electron chi connectivity index (χ2n) is 18.4. The highest BCUT2D eigenvalue weighted by Crippen LogP contribution is 2.41. The van der Waals surface area contributed by atoms with Crippen LogP contribution in [-0.4, -0.2) is 66.7 Å². The van der Waals surface area contributed by atoms with Gasteiger partial charge in [0.25, 0.3) is 0 Å². The zero-order valence-corrected chi connectivity index (χ0v) is 37.1. The SMILES string of the molecule is CC(C)(C)[Si](C)(C)O[C@@H](CNCc1ccc2nc(CCCCc3ccc(-c4ccccc4)c(NC(=O)O[C@H]4CN5CCC4CC5)c3)oc2c1)c1ccc(O)c2[nH]c(=O)ccc12. The predicted octanol–water partition coefficient (Wildman–Crippen LogP) is 10.1. The van der Waals surface area contributed by atoms with Gasteiger partial charge < -0.3 is 29.0 Å². The van der Waals surface area contributed by atoms with E-state index in [0.717, 1.165) is 114 Å². The van der Waals surface area contributed by atoms with E-state index < -0.39 is 8.32 Å². The number of amides is 1. The molecule has 3 aliphatic rings. The van der Waals surface area contributed by atoms with Crippen molar-refractivity contribution in [2.45, 2.75) is 96.2 Å². The number of carbonyl (C=O) groups excluding carboxylic acids is 1. The van der Waals surface area contributed by atoms with Crippen molar-refractivity contribution in [3.05, 3.63) is 124 Å². The van der Waals surface area contributed by atoms with Crippen molar-refractivity contribution in [1.29, 1.82) is 0 Å². The molecule has 0 spiro atoms. The number of aryl methyl sites for hydroxylation is 2. The number of aromatic nitrogens is 2. The zero-order chi connectivity index (χ0) is 42.7. The van der Waals surface area contributed by atoms with Crippen LogP contribution in [0.4, 0.5) is 10.5 Å². The van der Waals surface area contributed by atoms with Crippen LogP contribution >= 0.6 is 0 Å². The van der Waals surface area contributed by atoms with E-state index in [1.165, 1.54) is 6.07 Å². The summed E-state index contributed by atoms with van der Waals surface area (Å²) < 4.78 is 19.2. The van der Waals surface area contributed by atoms with Gasteiger partial charge in [-0.2, -0.15) is 0 Å². The average Bonchev–Trinajstić information content (AvgIpc) is 3.65. The van der Waals surface area contributed by atoms with Crippen molar-refractivity contribution < 1.29 is 23.5 Å². The molecule has 0 unspecified atom stereocenters. The molecule has 0 radical (unpaired) electrons. The molecular formula is C49H59N5O6Si. The topological polar surface area (TPSA) is 142 Å². The number of rotatable bonds is 15. The van der Waals surface area contributed by atoms with Crippen molar-refractivity contribution in [2.24, 2.45) is 5.92 Å². The van der Waals surface area contributed by atoms with Crippen LogP contribution in [0.25, 0.3) is 33.1 Å². The molecule has 9 rings (SSSR count). The van der Waals surface area contributed by atoms with Crippen molar-refractivity contribution in [3.63, 3.8) is 0 Å². The lowest BCUT2D eigenvalue weighted by Gasteiger charge is -2.43. The van der Waals surface area contributed by atoms with Crippen molar-refractivity contribution in [1.82, 2.24) is 20.2 Å². The Hall–Kier alpha value is -5.27. The molecule has 0 saturated carbocycles. The van der Waals surface area contributed by atoms with Crippen LogP contribution in [0.15, 0.2) is 100 Å². The molecule has 11 nitrogen and oxygen atoms in total. The quantitative estimate of drug-likeness (QED) is 0.0587. The smallest absolute Gasteiger partial charge is 0.411 e. The number of aromatic hydroxyl groups is 1. The lowest BCUT2D eigenvalue weighted by atomic mass is 9.86. The van der Waals surface area contributed by atoms with Gasteiger partial charge in [-0.15, -0.1) is 0 Å². The fourth-order valence-electron chi connectivity index (χ4n) is 8.51. The third-order valence-electron chi connectivity index (χ3n) is 13.0. The van der Waals surface area contributed by atoms with E-state index in [4.69, 9.17) is 18.6 Å². The molecule has 12 heteroatoms. The summed E-state index contributed by atoms with van der Waals surface area (Å²) >= 11 is 0. The van der Waals surface area contributed by atoms with Gasteiger partial charge in [0.15, 0.2) is 19.8 Å². The van der Waals surface area contributed by atoms with Crippen molar-refractivity contribution in [3.8, 4) is 16.9 Å². The fraction of sp³-hybridized carbons (Fsp3) is 0.408. The Bertz CT molecular complexity index is 2540. The van der Waals surface area contributed by atoms with E-state index in [0.29, 0.717) is 24.5 Å². The number of ether oxygens (including phenoxy) is 1. The number of unbranched alkanes of at least 4 members (excludes halogenated alkanes) is 1. The van der Waals surface area contributed by atoms with Gasteiger partial charge in [0, 0.05) is 43.1 Å². The van der Waals surface area contributed by atoms with Gasteiger partial charge >= 0.3 is 6.09 Å². The number of oxazole rings is 1. The largest absolute Gasteiger partial charge is 0.506 e. The normalized spacial score (nSPS) is 18.4. The summed E-state index contributed by atoms with van der Waals surface area (Å²) in [4.78, 5) is 35.4. The van der Waals surface area contributed by atoms with Crippen LogP contribution in [0.3, 0.4) is 0 Å². The van der Waals surface area contributed by atoms with Gasteiger partial charge in [0.2, 0.25) is 5.56 Å². The Labute approximate surface area is 359 Å². The summed E-state index contributed by atoms with van der Waals surface area (Å²) in [5.74, 6) is 1.20. The van der Waals surface area contributed by atoms with Gasteiger partial charge in [-0.05, 0) is 122 Å². The van der Waals surface area contributed by atoms with E-state index in [1.807, 2.05) is 36.4 Å². The van der Waals surface area contributed by atoms with Crippen LogP contribution < -0.4 is 16.2 Å². The molecule has 320 valence electrons. The Morgan fingerprint density at radius 1 is 0.967 bits per heavy atom. The number of phenolic OH excluding ortho intramolecular Hbond substituents is 1. The Morgan fingerprint density at radius 2 is 1.74 bits per heavy atom. The fourth-order valence-corrected chi connectivity index (χ4v) is 9.79. The summed E-state index contributed by atoms with van der Waals surface area (Å²) in [6.45, 7) is 15.3. The third kappa shape index (κ3) is 9.94. The number of hydrogen-bond acceptors (Lipinski definition) is 9. The number of nitrogens with one attached hydrogen (secondary N) is 3. The number of anilines is 1. The average molecular weight is 842 g/mol. The summed E-state index contributed by atoms with van der Waals surface area (Å²) in [6, 6.07) is 29.4. The highest BCUT2D eigenvalue weighted by atomic mass is 28.4. The lowest BCUT2D eigenvalue weighted by Crippen LogP contribution is -2.52. The summed E-state index contributed by atoms with van der Waals surface area (Å²) in [6.07, 6.45) is 4.85. The highest BCUT2D eigenvalue weighted by molar-refractivity contribution is 6.74. The van der Waals surface area contributed by atoms with Gasteiger partial charge in [0.05, 0.1) is 17.3 Å². The molecule has 6 aromatic rings. The van der Waals surface area contributed by atoms with Crippen LogP contribution in [0.2, 0.25) is 18.1 Å². The van der Waals surface area contributed by atoms with Crippen LogP contribution in [0, 0.1) is 5.92 Å². The minimum Gasteiger partial charge on any atom is -0.506 e. The Balaban J connectivity index is 0.884. The first-order valence-electron chi connectivity index (χ1n) is 21.8. The van der Waals surface area contributed by atoms with Crippen LogP contribution in [0.1, 0.15) is 75.1 Å². The summed E-state index contributed by atoms with van der Waals surface area (Å²) in [5, 5.41) is 18.0. The molecule has 0 aliphatic carbocycles. The third-order valence-corrected chi connectivity index (χ3v) is 17.5. The second-order valence-corrected chi connectivity index (χ2v) is 23.1. The predicted molar refractivity (Wildman–Crippen MR) is 245 cm³/mol. The monoisotopic (exact) mass is 841 g/mol.